The van der Waals surface area contributed by atoms with E-state index in [2.05, 4.69) is 24.4 Å². The van der Waals surface area contributed by atoms with Crippen LogP contribution in [0, 0.1) is 0 Å². The fourth-order valence-electron chi connectivity index (χ4n) is 2.32. The molecule has 1 aromatic rings. The van der Waals surface area contributed by atoms with Gasteiger partial charge in [-0.3, -0.25) is 4.21 Å². The SMILES string of the molecule is COc1cccc([C@@H](C)NC2CCS(=O)CC2)c1. The molecule has 0 bridgehead atoms. The van der Waals surface area contributed by atoms with Crippen LogP contribution >= 0.6 is 0 Å². The van der Waals surface area contributed by atoms with Gasteiger partial charge in [0.05, 0.1) is 7.11 Å². The highest BCUT2D eigenvalue weighted by Crippen LogP contribution is 2.21. The van der Waals surface area contributed by atoms with Crippen molar-refractivity contribution in [3.8, 4) is 5.75 Å². The van der Waals surface area contributed by atoms with Crippen molar-refractivity contribution in [1.82, 2.24) is 5.32 Å². The molecule has 3 nitrogen and oxygen atoms in total. The molecule has 0 radical (unpaired) electrons. The third-order valence-electron chi connectivity index (χ3n) is 3.47. The fourth-order valence-corrected chi connectivity index (χ4v) is 3.62. The van der Waals surface area contributed by atoms with E-state index >= 15 is 0 Å². The first-order valence-corrected chi connectivity index (χ1v) is 7.93. The summed E-state index contributed by atoms with van der Waals surface area (Å²) in [6.07, 6.45) is 2.03. The monoisotopic (exact) mass is 267 g/mol. The third kappa shape index (κ3) is 3.56. The maximum absolute atomic E-state index is 11.3. The first-order valence-electron chi connectivity index (χ1n) is 6.44. The highest BCUT2D eigenvalue weighted by Gasteiger charge is 2.19. The minimum atomic E-state index is -0.585. The van der Waals surface area contributed by atoms with Crippen molar-refractivity contribution in [2.45, 2.75) is 31.8 Å². The van der Waals surface area contributed by atoms with Gasteiger partial charge in [0.2, 0.25) is 0 Å². The van der Waals surface area contributed by atoms with E-state index in [1.165, 1.54) is 5.56 Å². The van der Waals surface area contributed by atoms with Crippen LogP contribution in [0.1, 0.15) is 31.4 Å². The first kappa shape index (κ1) is 13.6. The zero-order valence-corrected chi connectivity index (χ0v) is 11.8. The molecule has 1 saturated heterocycles. The predicted molar refractivity (Wildman–Crippen MR) is 75.4 cm³/mol. The molecule has 18 heavy (non-hydrogen) atoms. The Balaban J connectivity index is 1.94. The topological polar surface area (TPSA) is 38.3 Å². The van der Waals surface area contributed by atoms with Gasteiger partial charge in [-0.2, -0.15) is 0 Å². The van der Waals surface area contributed by atoms with Crippen LogP contribution in [0.5, 0.6) is 5.75 Å². The Morgan fingerprint density at radius 2 is 2.11 bits per heavy atom. The minimum Gasteiger partial charge on any atom is -0.497 e. The second-order valence-electron chi connectivity index (χ2n) is 4.79. The molecule has 0 aromatic heterocycles. The first-order chi connectivity index (χ1) is 8.69. The van der Waals surface area contributed by atoms with Crippen molar-refractivity contribution in [3.05, 3.63) is 29.8 Å². The molecule has 0 aliphatic carbocycles. The van der Waals surface area contributed by atoms with Gasteiger partial charge in [-0.1, -0.05) is 12.1 Å². The number of benzene rings is 1. The van der Waals surface area contributed by atoms with E-state index < -0.39 is 10.8 Å². The molecular formula is C14H21NO2S. The molecule has 2 rings (SSSR count). The van der Waals surface area contributed by atoms with Gasteiger partial charge in [-0.15, -0.1) is 0 Å². The molecule has 1 heterocycles. The highest BCUT2D eigenvalue weighted by molar-refractivity contribution is 7.85. The lowest BCUT2D eigenvalue weighted by Crippen LogP contribution is -2.37. The molecule has 0 unspecified atom stereocenters. The van der Waals surface area contributed by atoms with Crippen LogP contribution in [0.25, 0.3) is 0 Å². The molecule has 100 valence electrons. The van der Waals surface area contributed by atoms with Crippen molar-refractivity contribution >= 4 is 10.8 Å². The van der Waals surface area contributed by atoms with Crippen LogP contribution in [-0.4, -0.2) is 28.9 Å². The Hall–Kier alpha value is -0.870. The third-order valence-corrected chi connectivity index (χ3v) is 4.85. The summed E-state index contributed by atoms with van der Waals surface area (Å²) in [7, 11) is 1.10. The summed E-state index contributed by atoms with van der Waals surface area (Å²) in [6, 6.07) is 8.95. The average Bonchev–Trinajstić information content (AvgIpc) is 2.41. The van der Waals surface area contributed by atoms with Gasteiger partial charge < -0.3 is 10.1 Å². The molecular weight excluding hydrogens is 246 g/mol. The molecule has 1 fully saturated rings. The molecule has 0 saturated carbocycles. The largest absolute Gasteiger partial charge is 0.497 e. The van der Waals surface area contributed by atoms with Crippen LogP contribution in [0.3, 0.4) is 0 Å². The Labute approximate surface area is 111 Å². The van der Waals surface area contributed by atoms with Gasteiger partial charge in [0.15, 0.2) is 0 Å². The minimum absolute atomic E-state index is 0.302. The summed E-state index contributed by atoms with van der Waals surface area (Å²) in [5, 5.41) is 3.62. The van der Waals surface area contributed by atoms with E-state index in [4.69, 9.17) is 4.74 Å². The van der Waals surface area contributed by atoms with E-state index in [-0.39, 0.29) is 0 Å². The predicted octanol–water partition coefficient (Wildman–Crippen LogP) is 2.26. The van der Waals surface area contributed by atoms with Crippen molar-refractivity contribution < 1.29 is 8.95 Å². The van der Waals surface area contributed by atoms with Crippen molar-refractivity contribution in [1.29, 1.82) is 0 Å². The maximum Gasteiger partial charge on any atom is 0.119 e. The van der Waals surface area contributed by atoms with E-state index in [0.717, 1.165) is 30.1 Å². The molecule has 4 heteroatoms. The zero-order chi connectivity index (χ0) is 13.0. The molecule has 0 amide bonds. The van der Waals surface area contributed by atoms with Gasteiger partial charge in [0.25, 0.3) is 0 Å². The van der Waals surface area contributed by atoms with Crippen LogP contribution in [0.15, 0.2) is 24.3 Å². The fraction of sp³-hybridized carbons (Fsp3) is 0.571. The van der Waals surface area contributed by atoms with E-state index in [0.29, 0.717) is 12.1 Å². The smallest absolute Gasteiger partial charge is 0.119 e. The summed E-state index contributed by atoms with van der Waals surface area (Å²) >= 11 is 0. The van der Waals surface area contributed by atoms with E-state index in [1.54, 1.807) is 7.11 Å². The lowest BCUT2D eigenvalue weighted by molar-refractivity contribution is 0.408. The molecule has 1 aromatic carbocycles. The highest BCUT2D eigenvalue weighted by atomic mass is 32.2. The lowest BCUT2D eigenvalue weighted by Gasteiger charge is -2.26. The van der Waals surface area contributed by atoms with Gasteiger partial charge in [-0.05, 0) is 37.5 Å². The van der Waals surface area contributed by atoms with E-state index in [1.807, 2.05) is 12.1 Å². The Bertz CT molecular complexity index is 412. The van der Waals surface area contributed by atoms with Gasteiger partial charge in [0, 0.05) is 34.4 Å². The Kier molecular flexibility index (Phi) is 4.78. The van der Waals surface area contributed by atoms with Crippen molar-refractivity contribution in [2.75, 3.05) is 18.6 Å². The van der Waals surface area contributed by atoms with Gasteiger partial charge >= 0.3 is 0 Å². The summed E-state index contributed by atoms with van der Waals surface area (Å²) in [5.74, 6) is 2.57. The molecule has 1 N–H and O–H groups in total. The van der Waals surface area contributed by atoms with Crippen LogP contribution in [0.4, 0.5) is 0 Å². The van der Waals surface area contributed by atoms with Crippen LogP contribution in [-0.2, 0) is 10.8 Å². The molecule has 1 atom stereocenters. The standard InChI is InChI=1S/C14H21NO2S/c1-11(12-4-3-5-14(10-12)17-2)15-13-6-8-18(16)9-7-13/h3-5,10-11,13,15H,6-9H2,1-2H3/t11-,13?,18?/m1/s1. The summed E-state index contributed by atoms with van der Waals surface area (Å²) in [6.45, 7) is 2.17. The van der Waals surface area contributed by atoms with Gasteiger partial charge in [-0.25, -0.2) is 0 Å². The number of hydrogen-bond acceptors (Lipinski definition) is 3. The van der Waals surface area contributed by atoms with Crippen LogP contribution < -0.4 is 10.1 Å². The van der Waals surface area contributed by atoms with Crippen LogP contribution in [0.2, 0.25) is 0 Å². The summed E-state index contributed by atoms with van der Waals surface area (Å²) in [5.41, 5.74) is 1.24. The second kappa shape index (κ2) is 6.34. The number of hydrogen-bond donors (Lipinski definition) is 1. The van der Waals surface area contributed by atoms with Crippen molar-refractivity contribution in [3.63, 3.8) is 0 Å². The number of ether oxygens (including phenoxy) is 1. The maximum atomic E-state index is 11.3. The normalized spacial score (nSPS) is 25.7. The number of rotatable bonds is 4. The second-order valence-corrected chi connectivity index (χ2v) is 6.48. The summed E-state index contributed by atoms with van der Waals surface area (Å²) in [4.78, 5) is 0. The molecule has 0 spiro atoms. The molecule has 1 aliphatic rings. The number of nitrogens with one attached hydrogen (secondary N) is 1. The number of methoxy groups -OCH3 is 1. The Morgan fingerprint density at radius 3 is 2.78 bits per heavy atom. The Morgan fingerprint density at radius 1 is 1.39 bits per heavy atom. The molecule has 1 aliphatic heterocycles. The average molecular weight is 267 g/mol. The quantitative estimate of drug-likeness (QED) is 0.909. The zero-order valence-electron chi connectivity index (χ0n) is 11.0. The van der Waals surface area contributed by atoms with Crippen molar-refractivity contribution in [2.24, 2.45) is 0 Å². The van der Waals surface area contributed by atoms with E-state index in [9.17, 15) is 4.21 Å². The van der Waals surface area contributed by atoms with Gasteiger partial charge in [0.1, 0.15) is 5.75 Å². The summed E-state index contributed by atoms with van der Waals surface area (Å²) < 4.78 is 16.6. The lowest BCUT2D eigenvalue weighted by atomic mass is 10.1.